The van der Waals surface area contributed by atoms with Gasteiger partial charge in [0.15, 0.2) is 0 Å². The van der Waals surface area contributed by atoms with E-state index in [-0.39, 0.29) is 0 Å². The monoisotopic (exact) mass is 228 g/mol. The number of aromatic nitrogens is 1. The molecule has 0 radical (unpaired) electrons. The normalized spacial score (nSPS) is 10.2. The summed E-state index contributed by atoms with van der Waals surface area (Å²) >= 11 is 0. The number of anilines is 1. The standard InChI is InChI=1S/C14H16N2O/c1-2-11-5-3-7-13(9-11)17-10-12-6-4-8-16-14(12)15/h3-9H,2,10H2,1H3,(H2,15,16). The predicted molar refractivity (Wildman–Crippen MR) is 68.8 cm³/mol. The van der Waals surface area contributed by atoms with E-state index in [1.165, 1.54) is 5.56 Å². The van der Waals surface area contributed by atoms with Crippen molar-refractivity contribution in [3.8, 4) is 5.75 Å². The Balaban J connectivity index is 2.05. The van der Waals surface area contributed by atoms with Crippen molar-refractivity contribution in [1.82, 2.24) is 4.98 Å². The van der Waals surface area contributed by atoms with E-state index in [1.54, 1.807) is 6.20 Å². The Hall–Kier alpha value is -2.03. The second-order valence-electron chi connectivity index (χ2n) is 3.84. The van der Waals surface area contributed by atoms with Crippen molar-refractivity contribution in [2.75, 3.05) is 5.73 Å². The molecular weight excluding hydrogens is 212 g/mol. The summed E-state index contributed by atoms with van der Waals surface area (Å²) in [4.78, 5) is 4.02. The molecule has 0 aliphatic rings. The molecule has 0 bridgehead atoms. The average Bonchev–Trinajstić information content (AvgIpc) is 2.38. The molecule has 17 heavy (non-hydrogen) atoms. The fourth-order valence-corrected chi connectivity index (χ4v) is 1.59. The van der Waals surface area contributed by atoms with Gasteiger partial charge in [-0.05, 0) is 30.2 Å². The first-order valence-corrected chi connectivity index (χ1v) is 5.70. The van der Waals surface area contributed by atoms with Gasteiger partial charge in [-0.3, -0.25) is 0 Å². The maximum Gasteiger partial charge on any atom is 0.129 e. The van der Waals surface area contributed by atoms with Crippen LogP contribution in [0.3, 0.4) is 0 Å². The smallest absolute Gasteiger partial charge is 0.129 e. The molecule has 0 unspecified atom stereocenters. The molecule has 2 N–H and O–H groups in total. The molecule has 1 heterocycles. The average molecular weight is 228 g/mol. The number of benzene rings is 1. The summed E-state index contributed by atoms with van der Waals surface area (Å²) in [5.74, 6) is 1.40. The molecule has 2 aromatic rings. The lowest BCUT2D eigenvalue weighted by Gasteiger charge is -2.08. The molecule has 1 aromatic heterocycles. The first-order chi connectivity index (χ1) is 8.29. The van der Waals surface area contributed by atoms with Crippen molar-refractivity contribution in [1.29, 1.82) is 0 Å². The molecule has 88 valence electrons. The quantitative estimate of drug-likeness (QED) is 0.875. The van der Waals surface area contributed by atoms with E-state index >= 15 is 0 Å². The van der Waals surface area contributed by atoms with Crippen LogP contribution in [0, 0.1) is 0 Å². The minimum atomic E-state index is 0.451. The van der Waals surface area contributed by atoms with Crippen LogP contribution in [0.15, 0.2) is 42.6 Å². The van der Waals surface area contributed by atoms with Gasteiger partial charge in [0, 0.05) is 11.8 Å². The van der Waals surface area contributed by atoms with Crippen molar-refractivity contribution in [2.24, 2.45) is 0 Å². The maximum absolute atomic E-state index is 5.75. The number of aryl methyl sites for hydroxylation is 1. The number of hydrogen-bond donors (Lipinski definition) is 1. The molecule has 0 aliphatic heterocycles. The molecule has 0 aliphatic carbocycles. The van der Waals surface area contributed by atoms with Gasteiger partial charge >= 0.3 is 0 Å². The summed E-state index contributed by atoms with van der Waals surface area (Å²) in [6, 6.07) is 11.9. The lowest BCUT2D eigenvalue weighted by molar-refractivity contribution is 0.306. The highest BCUT2D eigenvalue weighted by atomic mass is 16.5. The van der Waals surface area contributed by atoms with Gasteiger partial charge in [0.1, 0.15) is 18.2 Å². The van der Waals surface area contributed by atoms with Crippen molar-refractivity contribution >= 4 is 5.82 Å². The number of nitrogen functional groups attached to an aromatic ring is 1. The van der Waals surface area contributed by atoms with Gasteiger partial charge in [0.2, 0.25) is 0 Å². The fourth-order valence-electron chi connectivity index (χ4n) is 1.59. The Labute approximate surface area is 101 Å². The highest BCUT2D eigenvalue weighted by Gasteiger charge is 2.01. The molecule has 3 heteroatoms. The van der Waals surface area contributed by atoms with Crippen LogP contribution in [0.2, 0.25) is 0 Å². The molecule has 1 aromatic carbocycles. The van der Waals surface area contributed by atoms with Crippen LogP contribution in [0.4, 0.5) is 5.82 Å². The number of nitrogens with zero attached hydrogens (tertiary/aromatic N) is 1. The van der Waals surface area contributed by atoms with E-state index < -0.39 is 0 Å². The van der Waals surface area contributed by atoms with Crippen molar-refractivity contribution in [2.45, 2.75) is 20.0 Å². The summed E-state index contributed by atoms with van der Waals surface area (Å²) < 4.78 is 5.70. The van der Waals surface area contributed by atoms with Crippen molar-refractivity contribution in [3.63, 3.8) is 0 Å². The summed E-state index contributed by atoms with van der Waals surface area (Å²) in [6.45, 7) is 2.57. The molecule has 0 saturated carbocycles. The summed E-state index contributed by atoms with van der Waals surface area (Å²) in [5, 5.41) is 0. The zero-order chi connectivity index (χ0) is 12.1. The van der Waals surface area contributed by atoms with Crippen LogP contribution in [0.25, 0.3) is 0 Å². The fraction of sp³-hybridized carbons (Fsp3) is 0.214. The van der Waals surface area contributed by atoms with Gasteiger partial charge in [-0.1, -0.05) is 25.1 Å². The van der Waals surface area contributed by atoms with Crippen LogP contribution in [-0.2, 0) is 13.0 Å². The topological polar surface area (TPSA) is 48.1 Å². The Morgan fingerprint density at radius 3 is 2.88 bits per heavy atom. The molecule has 0 spiro atoms. The molecule has 0 saturated heterocycles. The van der Waals surface area contributed by atoms with Crippen LogP contribution >= 0.6 is 0 Å². The number of ether oxygens (including phenoxy) is 1. The van der Waals surface area contributed by atoms with Crippen LogP contribution in [-0.4, -0.2) is 4.98 Å². The highest BCUT2D eigenvalue weighted by Crippen LogP contribution is 2.16. The zero-order valence-corrected chi connectivity index (χ0v) is 9.89. The van der Waals surface area contributed by atoms with E-state index in [2.05, 4.69) is 18.0 Å². The SMILES string of the molecule is CCc1cccc(OCc2cccnc2N)c1. The van der Waals surface area contributed by atoms with Gasteiger partial charge in [-0.15, -0.1) is 0 Å². The van der Waals surface area contributed by atoms with E-state index in [9.17, 15) is 0 Å². The van der Waals surface area contributed by atoms with Gasteiger partial charge in [-0.25, -0.2) is 4.98 Å². The second kappa shape index (κ2) is 5.34. The third-order valence-corrected chi connectivity index (χ3v) is 2.63. The minimum absolute atomic E-state index is 0.451. The number of rotatable bonds is 4. The van der Waals surface area contributed by atoms with Crippen LogP contribution < -0.4 is 10.5 Å². The van der Waals surface area contributed by atoms with Gasteiger partial charge in [-0.2, -0.15) is 0 Å². The lowest BCUT2D eigenvalue weighted by atomic mass is 10.2. The lowest BCUT2D eigenvalue weighted by Crippen LogP contribution is -2.01. The highest BCUT2D eigenvalue weighted by molar-refractivity contribution is 5.38. The van der Waals surface area contributed by atoms with Crippen LogP contribution in [0.5, 0.6) is 5.75 Å². The Morgan fingerprint density at radius 2 is 2.12 bits per heavy atom. The van der Waals surface area contributed by atoms with Crippen LogP contribution in [0.1, 0.15) is 18.1 Å². The molecule has 2 rings (SSSR count). The number of nitrogens with two attached hydrogens (primary N) is 1. The molecule has 3 nitrogen and oxygen atoms in total. The van der Waals surface area contributed by atoms with Gasteiger partial charge < -0.3 is 10.5 Å². The first kappa shape index (κ1) is 11.5. The molecule has 0 fully saturated rings. The molecule has 0 amide bonds. The summed E-state index contributed by atoms with van der Waals surface area (Å²) in [5.41, 5.74) is 7.93. The van der Waals surface area contributed by atoms with E-state index in [1.807, 2.05) is 30.3 Å². The first-order valence-electron chi connectivity index (χ1n) is 5.70. The second-order valence-corrected chi connectivity index (χ2v) is 3.84. The maximum atomic E-state index is 5.75. The Morgan fingerprint density at radius 1 is 1.24 bits per heavy atom. The predicted octanol–water partition coefficient (Wildman–Crippen LogP) is 2.81. The Kier molecular flexibility index (Phi) is 3.60. The summed E-state index contributed by atoms with van der Waals surface area (Å²) in [7, 11) is 0. The molecule has 0 atom stereocenters. The van der Waals surface area contributed by atoms with E-state index in [0.29, 0.717) is 12.4 Å². The largest absolute Gasteiger partial charge is 0.489 e. The van der Waals surface area contributed by atoms with Crippen molar-refractivity contribution < 1.29 is 4.74 Å². The van der Waals surface area contributed by atoms with Gasteiger partial charge in [0.25, 0.3) is 0 Å². The zero-order valence-electron chi connectivity index (χ0n) is 9.89. The number of pyridine rings is 1. The van der Waals surface area contributed by atoms with Crippen molar-refractivity contribution in [3.05, 3.63) is 53.7 Å². The van der Waals surface area contributed by atoms with E-state index in [4.69, 9.17) is 10.5 Å². The Bertz CT molecular complexity index is 497. The summed E-state index contributed by atoms with van der Waals surface area (Å²) in [6.07, 6.45) is 2.68. The number of hydrogen-bond acceptors (Lipinski definition) is 3. The van der Waals surface area contributed by atoms with Gasteiger partial charge in [0.05, 0.1) is 0 Å². The third-order valence-electron chi connectivity index (χ3n) is 2.63. The minimum Gasteiger partial charge on any atom is -0.489 e. The molecular formula is C14H16N2O. The third kappa shape index (κ3) is 2.97. The van der Waals surface area contributed by atoms with E-state index in [0.717, 1.165) is 17.7 Å².